The second kappa shape index (κ2) is 4.24. The highest BCUT2D eigenvalue weighted by Crippen LogP contribution is 2.40. The Labute approximate surface area is 95.3 Å². The van der Waals surface area contributed by atoms with E-state index < -0.39 is 0 Å². The average molecular weight is 211 g/mol. The van der Waals surface area contributed by atoms with Crippen LogP contribution in [0.5, 0.6) is 0 Å². The maximum Gasteiger partial charge on any atom is 0.0991 e. The van der Waals surface area contributed by atoms with E-state index in [1.165, 1.54) is 0 Å². The maximum absolute atomic E-state index is 9.06. The van der Waals surface area contributed by atoms with Crippen molar-refractivity contribution in [3.05, 3.63) is 29.8 Å². The SMILES string of the molecule is N#Cc1ccc(NCC2(C#N)CCC2)cc1. The molecule has 0 aromatic heterocycles. The summed E-state index contributed by atoms with van der Waals surface area (Å²) < 4.78 is 0. The van der Waals surface area contributed by atoms with Crippen LogP contribution in [0.2, 0.25) is 0 Å². The van der Waals surface area contributed by atoms with Crippen molar-refractivity contribution in [2.45, 2.75) is 19.3 Å². The van der Waals surface area contributed by atoms with Gasteiger partial charge in [-0.25, -0.2) is 0 Å². The Morgan fingerprint density at radius 3 is 2.31 bits per heavy atom. The number of nitriles is 2. The van der Waals surface area contributed by atoms with Crippen LogP contribution in [0.15, 0.2) is 24.3 Å². The molecule has 0 aliphatic heterocycles. The molecule has 0 unspecified atom stereocenters. The van der Waals surface area contributed by atoms with E-state index in [0.29, 0.717) is 12.1 Å². The van der Waals surface area contributed by atoms with Crippen molar-refractivity contribution in [1.82, 2.24) is 0 Å². The Hall–Kier alpha value is -2.00. The van der Waals surface area contributed by atoms with E-state index in [4.69, 9.17) is 10.5 Å². The fourth-order valence-corrected chi connectivity index (χ4v) is 1.87. The molecule has 16 heavy (non-hydrogen) atoms. The second-order valence-electron chi connectivity index (χ2n) is 4.29. The molecule has 0 amide bonds. The molecular weight excluding hydrogens is 198 g/mol. The highest BCUT2D eigenvalue weighted by Gasteiger charge is 2.36. The fraction of sp³-hybridized carbons (Fsp3) is 0.385. The van der Waals surface area contributed by atoms with Crippen molar-refractivity contribution >= 4 is 5.69 Å². The summed E-state index contributed by atoms with van der Waals surface area (Å²) in [5, 5.41) is 21.0. The zero-order chi connectivity index (χ0) is 11.4. The van der Waals surface area contributed by atoms with Gasteiger partial charge in [0, 0.05) is 12.2 Å². The van der Waals surface area contributed by atoms with Gasteiger partial charge in [-0.2, -0.15) is 10.5 Å². The summed E-state index contributed by atoms with van der Waals surface area (Å²) in [6.45, 7) is 0.704. The normalized spacial score (nSPS) is 16.6. The summed E-state index contributed by atoms with van der Waals surface area (Å²) in [7, 11) is 0. The summed E-state index contributed by atoms with van der Waals surface area (Å²) >= 11 is 0. The Morgan fingerprint density at radius 2 is 1.88 bits per heavy atom. The van der Waals surface area contributed by atoms with Crippen molar-refractivity contribution in [3.8, 4) is 12.1 Å². The van der Waals surface area contributed by atoms with Gasteiger partial charge in [0.05, 0.1) is 23.1 Å². The van der Waals surface area contributed by atoms with Gasteiger partial charge in [-0.05, 0) is 37.1 Å². The minimum absolute atomic E-state index is 0.159. The third-order valence-electron chi connectivity index (χ3n) is 3.19. The maximum atomic E-state index is 9.06. The molecule has 1 aromatic rings. The Kier molecular flexibility index (Phi) is 2.79. The molecule has 1 aliphatic carbocycles. The summed E-state index contributed by atoms with van der Waals surface area (Å²) in [6.07, 6.45) is 3.14. The highest BCUT2D eigenvalue weighted by molar-refractivity contribution is 5.47. The first-order chi connectivity index (χ1) is 7.78. The molecule has 0 spiro atoms. The average Bonchev–Trinajstić information content (AvgIpc) is 2.29. The van der Waals surface area contributed by atoms with Gasteiger partial charge in [0.25, 0.3) is 0 Å². The lowest BCUT2D eigenvalue weighted by Crippen LogP contribution is -2.34. The van der Waals surface area contributed by atoms with Gasteiger partial charge in [0.15, 0.2) is 0 Å². The molecule has 1 N–H and O–H groups in total. The van der Waals surface area contributed by atoms with Crippen molar-refractivity contribution in [2.75, 3.05) is 11.9 Å². The van der Waals surface area contributed by atoms with Crippen LogP contribution in [0, 0.1) is 28.1 Å². The first-order valence-electron chi connectivity index (χ1n) is 5.43. The van der Waals surface area contributed by atoms with Crippen LogP contribution in [0.4, 0.5) is 5.69 Å². The van der Waals surface area contributed by atoms with Crippen molar-refractivity contribution in [2.24, 2.45) is 5.41 Å². The first kappa shape index (κ1) is 10.5. The number of hydrogen-bond donors (Lipinski definition) is 1. The predicted octanol–water partition coefficient (Wildman–Crippen LogP) is 2.66. The number of rotatable bonds is 3. The largest absolute Gasteiger partial charge is 0.383 e. The molecule has 2 rings (SSSR count). The molecule has 80 valence electrons. The standard InChI is InChI=1S/C13H13N3/c14-8-11-2-4-12(5-3-11)16-10-13(9-15)6-1-7-13/h2-5,16H,1,6-7,10H2. The van der Waals surface area contributed by atoms with E-state index >= 15 is 0 Å². The zero-order valence-corrected chi connectivity index (χ0v) is 9.03. The van der Waals surface area contributed by atoms with Crippen LogP contribution in [-0.4, -0.2) is 6.54 Å². The minimum Gasteiger partial charge on any atom is -0.383 e. The van der Waals surface area contributed by atoms with Gasteiger partial charge in [-0.1, -0.05) is 6.42 Å². The lowest BCUT2D eigenvalue weighted by atomic mass is 9.70. The van der Waals surface area contributed by atoms with E-state index in [1.807, 2.05) is 12.1 Å². The molecule has 0 heterocycles. The molecule has 0 atom stereocenters. The Balaban J connectivity index is 1.95. The minimum atomic E-state index is -0.159. The van der Waals surface area contributed by atoms with Crippen LogP contribution in [-0.2, 0) is 0 Å². The monoisotopic (exact) mass is 211 g/mol. The molecule has 1 saturated carbocycles. The summed E-state index contributed by atoms with van der Waals surface area (Å²) in [5.74, 6) is 0. The lowest BCUT2D eigenvalue weighted by Gasteiger charge is -2.35. The Bertz CT molecular complexity index is 444. The molecule has 3 nitrogen and oxygen atoms in total. The molecule has 1 fully saturated rings. The fourth-order valence-electron chi connectivity index (χ4n) is 1.87. The lowest BCUT2D eigenvalue weighted by molar-refractivity contribution is 0.233. The van der Waals surface area contributed by atoms with E-state index in [-0.39, 0.29) is 5.41 Å². The third-order valence-corrected chi connectivity index (χ3v) is 3.19. The summed E-state index contributed by atoms with van der Waals surface area (Å²) in [5.41, 5.74) is 1.47. The smallest absolute Gasteiger partial charge is 0.0991 e. The summed E-state index contributed by atoms with van der Waals surface area (Å²) in [4.78, 5) is 0. The third kappa shape index (κ3) is 1.99. The van der Waals surface area contributed by atoms with E-state index in [2.05, 4.69) is 17.5 Å². The van der Waals surface area contributed by atoms with Crippen LogP contribution >= 0.6 is 0 Å². The second-order valence-corrected chi connectivity index (χ2v) is 4.29. The van der Waals surface area contributed by atoms with Gasteiger partial charge >= 0.3 is 0 Å². The van der Waals surface area contributed by atoms with Crippen LogP contribution in [0.3, 0.4) is 0 Å². The summed E-state index contributed by atoms with van der Waals surface area (Å²) in [6, 6.07) is 11.8. The van der Waals surface area contributed by atoms with Gasteiger partial charge in [0.1, 0.15) is 0 Å². The van der Waals surface area contributed by atoms with E-state index in [1.54, 1.807) is 12.1 Å². The molecule has 0 saturated heterocycles. The Morgan fingerprint density at radius 1 is 1.19 bits per heavy atom. The molecule has 3 heteroatoms. The van der Waals surface area contributed by atoms with Gasteiger partial charge in [-0.15, -0.1) is 0 Å². The van der Waals surface area contributed by atoms with Crippen LogP contribution in [0.1, 0.15) is 24.8 Å². The quantitative estimate of drug-likeness (QED) is 0.836. The van der Waals surface area contributed by atoms with Crippen molar-refractivity contribution in [1.29, 1.82) is 10.5 Å². The number of nitrogens with zero attached hydrogens (tertiary/aromatic N) is 2. The predicted molar refractivity (Wildman–Crippen MR) is 61.5 cm³/mol. The van der Waals surface area contributed by atoms with Gasteiger partial charge < -0.3 is 5.32 Å². The van der Waals surface area contributed by atoms with E-state index in [0.717, 1.165) is 24.9 Å². The molecule has 1 aromatic carbocycles. The van der Waals surface area contributed by atoms with Crippen molar-refractivity contribution < 1.29 is 0 Å². The molecule has 0 radical (unpaired) electrons. The van der Waals surface area contributed by atoms with Crippen LogP contribution < -0.4 is 5.32 Å². The van der Waals surface area contributed by atoms with E-state index in [9.17, 15) is 0 Å². The van der Waals surface area contributed by atoms with Gasteiger partial charge in [-0.3, -0.25) is 0 Å². The molecule has 0 bridgehead atoms. The number of benzene rings is 1. The molecule has 1 aliphatic rings. The zero-order valence-electron chi connectivity index (χ0n) is 9.03. The van der Waals surface area contributed by atoms with Gasteiger partial charge in [0.2, 0.25) is 0 Å². The molecular formula is C13H13N3. The topological polar surface area (TPSA) is 59.6 Å². The highest BCUT2D eigenvalue weighted by atomic mass is 14.9. The number of nitrogens with one attached hydrogen (secondary N) is 1. The number of hydrogen-bond acceptors (Lipinski definition) is 3. The van der Waals surface area contributed by atoms with Crippen LogP contribution in [0.25, 0.3) is 0 Å². The number of anilines is 1. The first-order valence-corrected chi connectivity index (χ1v) is 5.43. The van der Waals surface area contributed by atoms with Crippen molar-refractivity contribution in [3.63, 3.8) is 0 Å².